The Morgan fingerprint density at radius 1 is 1.77 bits per heavy atom. The van der Waals surface area contributed by atoms with E-state index < -0.39 is 0 Å². The van der Waals surface area contributed by atoms with E-state index in [1.807, 2.05) is 7.05 Å². The zero-order valence-corrected chi connectivity index (χ0v) is 7.87. The molecule has 13 heavy (non-hydrogen) atoms. The summed E-state index contributed by atoms with van der Waals surface area (Å²) in [6.45, 7) is 2.43. The van der Waals surface area contributed by atoms with Gasteiger partial charge in [-0.3, -0.25) is 9.69 Å². The van der Waals surface area contributed by atoms with Crippen LogP contribution in [-0.2, 0) is 17.8 Å². The second-order valence-corrected chi connectivity index (χ2v) is 3.57. The summed E-state index contributed by atoms with van der Waals surface area (Å²) in [5, 5.41) is 0. The minimum atomic E-state index is 0.01000. The Morgan fingerprint density at radius 2 is 2.54 bits per heavy atom. The Labute approximate surface area is 77.0 Å². The fourth-order valence-corrected chi connectivity index (χ4v) is 1.81. The molecule has 1 N–H and O–H groups in total. The van der Waals surface area contributed by atoms with Gasteiger partial charge in [-0.25, -0.2) is 4.98 Å². The van der Waals surface area contributed by atoms with E-state index in [0.717, 1.165) is 24.4 Å². The number of likely N-dealkylation sites (N-methyl/N-ethyl adjacent to an activating group) is 1. The highest BCUT2D eigenvalue weighted by Crippen LogP contribution is 2.18. The molecular formula is C9H13N3O. The van der Waals surface area contributed by atoms with Crippen LogP contribution in [0.4, 0.5) is 0 Å². The molecule has 0 saturated carbocycles. The number of rotatable bonds is 1. The van der Waals surface area contributed by atoms with E-state index in [1.165, 1.54) is 0 Å². The van der Waals surface area contributed by atoms with Crippen molar-refractivity contribution in [2.24, 2.45) is 0 Å². The fourth-order valence-electron chi connectivity index (χ4n) is 1.81. The van der Waals surface area contributed by atoms with Crippen LogP contribution in [0.1, 0.15) is 18.3 Å². The predicted octanol–water partition coefficient (Wildman–Crippen LogP) is 0.355. The third-order valence-corrected chi connectivity index (χ3v) is 2.60. The molecule has 4 heteroatoms. The maximum absolute atomic E-state index is 11.3. The predicted molar refractivity (Wildman–Crippen MR) is 48.2 cm³/mol. The van der Waals surface area contributed by atoms with Gasteiger partial charge in [-0.15, -0.1) is 0 Å². The van der Waals surface area contributed by atoms with Crippen molar-refractivity contribution in [2.45, 2.75) is 25.9 Å². The van der Waals surface area contributed by atoms with Gasteiger partial charge < -0.3 is 4.98 Å². The quantitative estimate of drug-likeness (QED) is 0.677. The minimum Gasteiger partial charge on any atom is -0.347 e. The lowest BCUT2D eigenvalue weighted by molar-refractivity contribution is -0.122. The smallest absolute Gasteiger partial charge is 0.147 e. The van der Waals surface area contributed by atoms with Crippen molar-refractivity contribution in [3.63, 3.8) is 0 Å². The Morgan fingerprint density at radius 3 is 3.23 bits per heavy atom. The van der Waals surface area contributed by atoms with E-state index >= 15 is 0 Å². The number of nitrogens with zero attached hydrogens (tertiary/aromatic N) is 2. The number of nitrogens with one attached hydrogen (secondary N) is 1. The molecule has 1 aromatic heterocycles. The third-order valence-electron chi connectivity index (χ3n) is 2.60. The van der Waals surface area contributed by atoms with Crippen LogP contribution in [0.25, 0.3) is 0 Å². The standard InChI is InChI=1S/C9H13N3O/c1-6(13)9-3-7-8(4-12(9)2)11-5-10-7/h5,9H,3-4H2,1-2H3,(H,10,11). The molecule has 0 radical (unpaired) electrons. The summed E-state index contributed by atoms with van der Waals surface area (Å²) in [5.41, 5.74) is 2.18. The van der Waals surface area contributed by atoms with Gasteiger partial charge >= 0.3 is 0 Å². The van der Waals surface area contributed by atoms with Crippen molar-refractivity contribution in [3.05, 3.63) is 17.7 Å². The lowest BCUT2D eigenvalue weighted by atomic mass is 10.0. The summed E-state index contributed by atoms with van der Waals surface area (Å²) in [6, 6.07) is 0.01000. The van der Waals surface area contributed by atoms with E-state index in [1.54, 1.807) is 13.3 Å². The van der Waals surface area contributed by atoms with E-state index in [9.17, 15) is 4.79 Å². The number of imidazole rings is 1. The van der Waals surface area contributed by atoms with Crippen molar-refractivity contribution in [1.29, 1.82) is 0 Å². The first-order valence-corrected chi connectivity index (χ1v) is 4.40. The first-order chi connectivity index (χ1) is 6.18. The Kier molecular flexibility index (Phi) is 1.92. The molecule has 2 rings (SSSR count). The van der Waals surface area contributed by atoms with Crippen LogP contribution in [0.15, 0.2) is 6.33 Å². The number of aromatic nitrogens is 2. The summed E-state index contributed by atoms with van der Waals surface area (Å²) >= 11 is 0. The molecule has 1 atom stereocenters. The van der Waals surface area contributed by atoms with Crippen LogP contribution in [0.5, 0.6) is 0 Å². The molecule has 1 aliphatic rings. The van der Waals surface area contributed by atoms with Gasteiger partial charge in [-0.2, -0.15) is 0 Å². The van der Waals surface area contributed by atoms with Crippen LogP contribution in [0.3, 0.4) is 0 Å². The summed E-state index contributed by atoms with van der Waals surface area (Å²) in [6.07, 6.45) is 2.44. The van der Waals surface area contributed by atoms with Gasteiger partial charge in [0.15, 0.2) is 0 Å². The summed E-state index contributed by atoms with van der Waals surface area (Å²) < 4.78 is 0. The van der Waals surface area contributed by atoms with E-state index in [2.05, 4.69) is 14.9 Å². The largest absolute Gasteiger partial charge is 0.347 e. The van der Waals surface area contributed by atoms with Crippen molar-refractivity contribution in [3.8, 4) is 0 Å². The SMILES string of the molecule is CC(=O)C1Cc2nc[nH]c2CN1C. The summed E-state index contributed by atoms with van der Waals surface area (Å²) in [7, 11) is 1.97. The number of fused-ring (bicyclic) bond motifs is 1. The maximum Gasteiger partial charge on any atom is 0.147 e. The highest BCUT2D eigenvalue weighted by Gasteiger charge is 2.27. The van der Waals surface area contributed by atoms with Gasteiger partial charge in [0.1, 0.15) is 5.78 Å². The maximum atomic E-state index is 11.3. The Balaban J connectivity index is 2.27. The van der Waals surface area contributed by atoms with Crippen LogP contribution in [0.2, 0.25) is 0 Å². The Hall–Kier alpha value is -1.16. The number of hydrogen-bond acceptors (Lipinski definition) is 3. The van der Waals surface area contributed by atoms with E-state index in [0.29, 0.717) is 0 Å². The topological polar surface area (TPSA) is 49.0 Å². The summed E-state index contributed by atoms with van der Waals surface area (Å²) in [5.74, 6) is 0.219. The molecule has 0 aliphatic carbocycles. The molecule has 0 saturated heterocycles. The van der Waals surface area contributed by atoms with Gasteiger partial charge in [-0.05, 0) is 14.0 Å². The monoisotopic (exact) mass is 179 g/mol. The molecule has 70 valence electrons. The number of carbonyl (C=O) groups is 1. The number of aromatic amines is 1. The lowest BCUT2D eigenvalue weighted by Crippen LogP contribution is -2.42. The molecular weight excluding hydrogens is 166 g/mol. The van der Waals surface area contributed by atoms with E-state index in [-0.39, 0.29) is 11.8 Å². The lowest BCUT2D eigenvalue weighted by Gasteiger charge is -2.29. The highest BCUT2D eigenvalue weighted by molar-refractivity contribution is 5.81. The Bertz CT molecular complexity index is 331. The molecule has 0 bridgehead atoms. The molecule has 2 heterocycles. The van der Waals surface area contributed by atoms with Gasteiger partial charge in [-0.1, -0.05) is 0 Å². The zero-order chi connectivity index (χ0) is 9.42. The molecule has 1 aromatic rings. The van der Waals surface area contributed by atoms with Crippen molar-refractivity contribution >= 4 is 5.78 Å². The number of hydrogen-bond donors (Lipinski definition) is 1. The van der Waals surface area contributed by atoms with Crippen molar-refractivity contribution < 1.29 is 4.79 Å². The van der Waals surface area contributed by atoms with Crippen molar-refractivity contribution in [1.82, 2.24) is 14.9 Å². The number of carbonyl (C=O) groups excluding carboxylic acids is 1. The molecule has 0 amide bonds. The fraction of sp³-hybridized carbons (Fsp3) is 0.556. The first kappa shape index (κ1) is 8.44. The first-order valence-electron chi connectivity index (χ1n) is 4.40. The average Bonchev–Trinajstić information content (AvgIpc) is 2.48. The average molecular weight is 179 g/mol. The molecule has 0 spiro atoms. The van der Waals surface area contributed by atoms with Crippen LogP contribution in [0, 0.1) is 0 Å². The van der Waals surface area contributed by atoms with Crippen LogP contribution >= 0.6 is 0 Å². The number of Topliss-reactive ketones (excluding diaryl/α,β-unsaturated/α-hetero) is 1. The van der Waals surface area contributed by atoms with Gasteiger partial charge in [0, 0.05) is 13.0 Å². The number of H-pyrrole nitrogens is 1. The normalized spacial score (nSPS) is 22.8. The molecule has 4 nitrogen and oxygen atoms in total. The second kappa shape index (κ2) is 2.96. The zero-order valence-electron chi connectivity index (χ0n) is 7.87. The highest BCUT2D eigenvalue weighted by atomic mass is 16.1. The van der Waals surface area contributed by atoms with Crippen molar-refractivity contribution in [2.75, 3.05) is 7.05 Å². The van der Waals surface area contributed by atoms with Crippen LogP contribution in [-0.4, -0.2) is 33.7 Å². The van der Waals surface area contributed by atoms with Gasteiger partial charge in [0.05, 0.1) is 23.8 Å². The number of ketones is 1. The van der Waals surface area contributed by atoms with Gasteiger partial charge in [0.2, 0.25) is 0 Å². The molecule has 0 fully saturated rings. The third kappa shape index (κ3) is 1.37. The molecule has 0 aromatic carbocycles. The van der Waals surface area contributed by atoms with E-state index in [4.69, 9.17) is 0 Å². The molecule has 1 aliphatic heterocycles. The minimum absolute atomic E-state index is 0.01000. The summed E-state index contributed by atoms with van der Waals surface area (Å²) in [4.78, 5) is 20.6. The molecule has 1 unspecified atom stereocenters. The van der Waals surface area contributed by atoms with Crippen LogP contribution < -0.4 is 0 Å². The van der Waals surface area contributed by atoms with Gasteiger partial charge in [0.25, 0.3) is 0 Å². The second-order valence-electron chi connectivity index (χ2n) is 3.57.